The maximum Gasteiger partial charge on any atom is 0.416 e. The van der Waals surface area contributed by atoms with Gasteiger partial charge in [0.1, 0.15) is 5.69 Å². The van der Waals surface area contributed by atoms with Gasteiger partial charge in [0.25, 0.3) is 5.91 Å². The lowest BCUT2D eigenvalue weighted by Gasteiger charge is -2.38. The summed E-state index contributed by atoms with van der Waals surface area (Å²) in [6.45, 7) is 12.7. The molecule has 1 aromatic carbocycles. The van der Waals surface area contributed by atoms with Crippen LogP contribution in [0.4, 0.5) is 26.3 Å². The van der Waals surface area contributed by atoms with Crippen LogP contribution in [0.5, 0.6) is 5.88 Å². The molecule has 1 aliphatic rings. The number of hydrogen-bond acceptors (Lipinski definition) is 4. The average molecular weight is 605 g/mol. The van der Waals surface area contributed by atoms with Crippen LogP contribution in [0.25, 0.3) is 0 Å². The summed E-state index contributed by atoms with van der Waals surface area (Å²) in [6.07, 6.45) is -7.82. The van der Waals surface area contributed by atoms with Gasteiger partial charge in [0.15, 0.2) is 8.32 Å². The first-order chi connectivity index (χ1) is 18.8. The zero-order valence-corrected chi connectivity index (χ0v) is 25.2. The number of aromatic nitrogens is 1. The maximum absolute atomic E-state index is 13.9. The molecule has 1 aromatic heterocycles. The van der Waals surface area contributed by atoms with E-state index in [1.807, 2.05) is 20.0 Å². The monoisotopic (exact) mass is 604 g/mol. The van der Waals surface area contributed by atoms with Crippen LogP contribution in [-0.4, -0.2) is 43.4 Å². The van der Waals surface area contributed by atoms with E-state index in [0.717, 1.165) is 12.8 Å². The Bertz CT molecular complexity index is 1180. The van der Waals surface area contributed by atoms with Gasteiger partial charge in [-0.3, -0.25) is 4.79 Å². The third-order valence-electron chi connectivity index (χ3n) is 7.87. The fourth-order valence-corrected chi connectivity index (χ4v) is 5.48. The van der Waals surface area contributed by atoms with Crippen LogP contribution in [0.15, 0.2) is 36.4 Å². The second-order valence-corrected chi connectivity index (χ2v) is 16.7. The fraction of sp³-hybridized carbons (Fsp3) is 0.586. The molecule has 0 N–H and O–H groups in total. The summed E-state index contributed by atoms with van der Waals surface area (Å²) in [5.41, 5.74) is -3.07. The van der Waals surface area contributed by atoms with Gasteiger partial charge in [-0.15, -0.1) is 0 Å². The summed E-state index contributed by atoms with van der Waals surface area (Å²) in [7, 11) is -2.28. The summed E-state index contributed by atoms with van der Waals surface area (Å²) < 4.78 is 94.0. The van der Waals surface area contributed by atoms with E-state index in [4.69, 9.17) is 9.16 Å². The maximum atomic E-state index is 13.9. The molecule has 0 saturated carbocycles. The Balaban J connectivity index is 2.06. The number of halogens is 6. The number of likely N-dealkylation sites (tertiary alicyclic amines) is 1. The standard InChI is InChI=1S/C29H38F6N2O3Si/c1-7-8-14-39-25-11-9-10-23(36-25)26(38)37-22(18-40-41(5,6)27(2,3)4)12-13-24(37)19-15-20(28(30,31)32)17-21(16-19)29(33,34)35/h9-11,15-17,22,24H,7-8,12-14,18H2,1-6H3. The molecule has 0 radical (unpaired) electrons. The normalized spacial score (nSPS) is 18.6. The van der Waals surface area contributed by atoms with E-state index in [1.54, 1.807) is 12.1 Å². The van der Waals surface area contributed by atoms with Crippen LogP contribution in [0, 0.1) is 0 Å². The molecule has 12 heteroatoms. The molecule has 228 valence electrons. The number of nitrogens with zero attached hydrogens (tertiary/aromatic N) is 2. The van der Waals surface area contributed by atoms with Crippen molar-refractivity contribution in [2.24, 2.45) is 0 Å². The van der Waals surface area contributed by atoms with E-state index in [2.05, 4.69) is 25.8 Å². The third kappa shape index (κ3) is 8.03. The van der Waals surface area contributed by atoms with Gasteiger partial charge < -0.3 is 14.1 Å². The van der Waals surface area contributed by atoms with Crippen LogP contribution < -0.4 is 4.74 Å². The summed E-state index contributed by atoms with van der Waals surface area (Å²) in [5.74, 6) is -0.393. The van der Waals surface area contributed by atoms with E-state index in [1.165, 1.54) is 11.0 Å². The minimum atomic E-state index is -5.00. The lowest BCUT2D eigenvalue weighted by atomic mass is 9.98. The molecule has 2 heterocycles. The predicted octanol–water partition coefficient (Wildman–Crippen LogP) is 8.67. The Kier molecular flexibility index (Phi) is 9.89. The molecule has 0 spiro atoms. The topological polar surface area (TPSA) is 51.7 Å². The van der Waals surface area contributed by atoms with Crippen molar-refractivity contribution < 1.29 is 40.3 Å². The number of ether oxygens (including phenoxy) is 1. The van der Waals surface area contributed by atoms with E-state index < -0.39 is 49.8 Å². The minimum Gasteiger partial charge on any atom is -0.478 e. The molecule has 2 atom stereocenters. The van der Waals surface area contributed by atoms with Gasteiger partial charge in [-0.1, -0.05) is 40.2 Å². The zero-order chi connectivity index (χ0) is 30.8. The number of rotatable bonds is 9. The number of amides is 1. The molecule has 3 rings (SSSR count). The first-order valence-corrected chi connectivity index (χ1v) is 16.6. The molecule has 1 fully saturated rings. The fourth-order valence-electron chi connectivity index (χ4n) is 4.44. The second-order valence-electron chi connectivity index (χ2n) is 11.9. The van der Waals surface area contributed by atoms with Crippen molar-refractivity contribution in [2.45, 2.75) is 95.9 Å². The number of benzene rings is 1. The molecule has 1 aliphatic heterocycles. The highest BCUT2D eigenvalue weighted by Gasteiger charge is 2.44. The molecule has 41 heavy (non-hydrogen) atoms. The number of pyridine rings is 1. The van der Waals surface area contributed by atoms with Crippen LogP contribution in [0.2, 0.25) is 18.1 Å². The number of alkyl halides is 6. The largest absolute Gasteiger partial charge is 0.478 e. The van der Waals surface area contributed by atoms with Gasteiger partial charge in [0, 0.05) is 6.07 Å². The highest BCUT2D eigenvalue weighted by atomic mass is 28.4. The van der Waals surface area contributed by atoms with Crippen LogP contribution in [0.3, 0.4) is 0 Å². The Morgan fingerprint density at radius 1 is 1.00 bits per heavy atom. The van der Waals surface area contributed by atoms with Crippen molar-refractivity contribution in [1.82, 2.24) is 9.88 Å². The number of carbonyl (C=O) groups excluding carboxylic acids is 1. The highest BCUT2D eigenvalue weighted by molar-refractivity contribution is 6.74. The van der Waals surface area contributed by atoms with E-state index in [0.29, 0.717) is 25.2 Å². The van der Waals surface area contributed by atoms with E-state index in [-0.39, 0.29) is 41.3 Å². The smallest absolute Gasteiger partial charge is 0.416 e. The summed E-state index contributed by atoms with van der Waals surface area (Å²) in [5, 5.41) is -0.145. The van der Waals surface area contributed by atoms with Crippen molar-refractivity contribution in [1.29, 1.82) is 0 Å². The number of hydrogen-bond donors (Lipinski definition) is 0. The van der Waals surface area contributed by atoms with E-state index in [9.17, 15) is 31.1 Å². The molecule has 1 saturated heterocycles. The minimum absolute atomic E-state index is 0.00811. The summed E-state index contributed by atoms with van der Waals surface area (Å²) in [4.78, 5) is 19.6. The Hall–Kier alpha value is -2.60. The Morgan fingerprint density at radius 3 is 2.15 bits per heavy atom. The number of carbonyl (C=O) groups is 1. The van der Waals surface area contributed by atoms with Gasteiger partial charge in [0.05, 0.1) is 36.4 Å². The van der Waals surface area contributed by atoms with Gasteiger partial charge in [-0.25, -0.2) is 4.98 Å². The summed E-state index contributed by atoms with van der Waals surface area (Å²) >= 11 is 0. The van der Waals surface area contributed by atoms with Crippen molar-refractivity contribution in [2.75, 3.05) is 13.2 Å². The highest BCUT2D eigenvalue weighted by Crippen LogP contribution is 2.44. The molecular formula is C29H38F6N2O3Si. The predicted molar refractivity (Wildman–Crippen MR) is 146 cm³/mol. The van der Waals surface area contributed by atoms with Crippen LogP contribution in [-0.2, 0) is 16.8 Å². The van der Waals surface area contributed by atoms with Crippen LogP contribution in [0.1, 0.15) is 86.6 Å². The molecule has 1 amide bonds. The van der Waals surface area contributed by atoms with Gasteiger partial charge >= 0.3 is 12.4 Å². The lowest BCUT2D eigenvalue weighted by Crippen LogP contribution is -2.46. The summed E-state index contributed by atoms with van der Waals surface area (Å²) in [6, 6.07) is 4.53. The van der Waals surface area contributed by atoms with Crippen molar-refractivity contribution in [3.8, 4) is 5.88 Å². The quantitative estimate of drug-likeness (QED) is 0.163. The Morgan fingerprint density at radius 2 is 1.61 bits per heavy atom. The lowest BCUT2D eigenvalue weighted by molar-refractivity contribution is -0.143. The Labute approximate surface area is 238 Å². The van der Waals surface area contributed by atoms with Gasteiger partial charge in [0.2, 0.25) is 5.88 Å². The molecule has 5 nitrogen and oxygen atoms in total. The SMILES string of the molecule is CCCCOc1cccc(C(=O)N2C(CO[Si](C)(C)C(C)(C)C)CCC2c2cc(C(F)(F)F)cc(C(F)(F)F)c2)n1. The molecular weight excluding hydrogens is 566 g/mol. The molecule has 2 aromatic rings. The first-order valence-electron chi connectivity index (χ1n) is 13.7. The van der Waals surface area contributed by atoms with Gasteiger partial charge in [-0.05, 0) is 67.2 Å². The zero-order valence-electron chi connectivity index (χ0n) is 24.2. The third-order valence-corrected chi connectivity index (χ3v) is 12.4. The van der Waals surface area contributed by atoms with Gasteiger partial charge in [-0.2, -0.15) is 26.3 Å². The second kappa shape index (κ2) is 12.3. The number of unbranched alkanes of at least 4 members (excludes halogenated alkanes) is 1. The van der Waals surface area contributed by atoms with Crippen molar-refractivity contribution in [3.05, 3.63) is 58.8 Å². The molecule has 2 unspecified atom stereocenters. The van der Waals surface area contributed by atoms with E-state index >= 15 is 0 Å². The molecule has 0 aliphatic carbocycles. The first kappa shape index (κ1) is 32.9. The van der Waals surface area contributed by atoms with Crippen molar-refractivity contribution in [3.63, 3.8) is 0 Å². The molecule has 0 bridgehead atoms. The van der Waals surface area contributed by atoms with Crippen LogP contribution >= 0.6 is 0 Å². The average Bonchev–Trinajstić information content (AvgIpc) is 3.29. The van der Waals surface area contributed by atoms with Crippen molar-refractivity contribution >= 4 is 14.2 Å².